The van der Waals surface area contributed by atoms with E-state index in [0.717, 1.165) is 11.3 Å². The van der Waals surface area contributed by atoms with E-state index >= 15 is 0 Å². The fraction of sp³-hybridized carbons (Fsp3) is 0.444. The molecule has 0 aromatic carbocycles. The summed E-state index contributed by atoms with van der Waals surface area (Å²) in [4.78, 5) is 0. The molecule has 100 valence electrons. The lowest BCUT2D eigenvalue weighted by Crippen LogP contribution is -2.50. The second kappa shape index (κ2) is 5.22. The van der Waals surface area contributed by atoms with Gasteiger partial charge >= 0.3 is 0 Å². The molecule has 18 heavy (non-hydrogen) atoms. The minimum Gasteiger partial charge on any atom is -0.409 e. The summed E-state index contributed by atoms with van der Waals surface area (Å²) < 4.78 is 31.3. The molecule has 0 radical (unpaired) electrons. The largest absolute Gasteiger partial charge is 0.409 e. The Labute approximate surface area is 109 Å². The zero-order valence-electron chi connectivity index (χ0n) is 9.39. The Balaban J connectivity index is 2.19. The van der Waals surface area contributed by atoms with Crippen molar-refractivity contribution in [3.63, 3.8) is 0 Å². The average molecular weight is 291 g/mol. The van der Waals surface area contributed by atoms with Gasteiger partial charge in [-0.2, -0.15) is 4.31 Å². The van der Waals surface area contributed by atoms with Gasteiger partial charge in [0.15, 0.2) is 5.84 Å². The highest BCUT2D eigenvalue weighted by Crippen LogP contribution is 2.22. The van der Waals surface area contributed by atoms with Crippen LogP contribution in [0.4, 0.5) is 0 Å². The van der Waals surface area contributed by atoms with E-state index in [-0.39, 0.29) is 29.7 Å². The smallest absolute Gasteiger partial charge is 0.252 e. The van der Waals surface area contributed by atoms with Crippen molar-refractivity contribution >= 4 is 27.2 Å². The Morgan fingerprint density at radius 3 is 3.06 bits per heavy atom. The van der Waals surface area contributed by atoms with E-state index in [2.05, 4.69) is 5.16 Å². The molecule has 0 spiro atoms. The molecular formula is C9H13N3O4S2. The summed E-state index contributed by atoms with van der Waals surface area (Å²) in [5.74, 6) is -0.124. The Morgan fingerprint density at radius 2 is 2.44 bits per heavy atom. The summed E-state index contributed by atoms with van der Waals surface area (Å²) in [5, 5.41) is 13.1. The Kier molecular flexibility index (Phi) is 3.85. The van der Waals surface area contributed by atoms with Gasteiger partial charge in [-0.25, -0.2) is 8.42 Å². The summed E-state index contributed by atoms with van der Waals surface area (Å²) in [5.41, 5.74) is 5.43. The summed E-state index contributed by atoms with van der Waals surface area (Å²) in [6.45, 7) is 0.525. The van der Waals surface area contributed by atoms with E-state index in [1.165, 1.54) is 4.31 Å². The summed E-state index contributed by atoms with van der Waals surface area (Å²) in [7, 11) is -3.51. The summed E-state index contributed by atoms with van der Waals surface area (Å²) in [6.07, 6.45) is -0.710. The highest BCUT2D eigenvalue weighted by atomic mass is 32.2. The monoisotopic (exact) mass is 291 g/mol. The molecule has 1 aliphatic heterocycles. The van der Waals surface area contributed by atoms with Crippen LogP contribution < -0.4 is 5.73 Å². The molecule has 0 bridgehead atoms. The number of sulfonamides is 1. The molecule has 3 N–H and O–H groups in total. The standard InChI is InChI=1S/C9H13N3O4S2/c10-9(11-13)7-6-12(3-4-16-7)18(14,15)8-2-1-5-17-8/h1-2,5,7,13H,3-4,6H2,(H2,10,11). The minimum absolute atomic E-state index is 0.0517. The van der Waals surface area contributed by atoms with Crippen molar-refractivity contribution in [3.05, 3.63) is 17.5 Å². The first kappa shape index (κ1) is 13.3. The van der Waals surface area contributed by atoms with Crippen molar-refractivity contribution in [2.75, 3.05) is 19.7 Å². The Bertz CT molecular complexity index is 526. The second-order valence-electron chi connectivity index (χ2n) is 3.68. The van der Waals surface area contributed by atoms with E-state index in [1.807, 2.05) is 0 Å². The number of amidine groups is 1. The zero-order valence-corrected chi connectivity index (χ0v) is 11.0. The summed E-state index contributed by atoms with van der Waals surface area (Å²) >= 11 is 1.16. The molecule has 0 saturated carbocycles. The van der Waals surface area contributed by atoms with Crippen molar-refractivity contribution in [2.24, 2.45) is 10.9 Å². The van der Waals surface area contributed by atoms with Crippen LogP contribution in [-0.2, 0) is 14.8 Å². The maximum absolute atomic E-state index is 12.2. The van der Waals surface area contributed by atoms with Crippen LogP contribution in [0.1, 0.15) is 0 Å². The predicted octanol–water partition coefficient (Wildman–Crippen LogP) is -0.116. The second-order valence-corrected chi connectivity index (χ2v) is 6.79. The third-order valence-electron chi connectivity index (χ3n) is 2.56. The maximum Gasteiger partial charge on any atom is 0.252 e. The molecule has 1 fully saturated rings. The van der Waals surface area contributed by atoms with Gasteiger partial charge in [0, 0.05) is 13.1 Å². The first-order chi connectivity index (χ1) is 8.55. The zero-order chi connectivity index (χ0) is 13.2. The normalized spacial score (nSPS) is 23.1. The number of nitrogens with zero attached hydrogens (tertiary/aromatic N) is 2. The first-order valence-electron chi connectivity index (χ1n) is 5.18. The number of nitrogens with two attached hydrogens (primary N) is 1. The Hall–Kier alpha value is -1.16. The van der Waals surface area contributed by atoms with Crippen LogP contribution in [0.2, 0.25) is 0 Å². The third kappa shape index (κ3) is 2.48. The van der Waals surface area contributed by atoms with E-state index in [9.17, 15) is 8.42 Å². The lowest BCUT2D eigenvalue weighted by molar-refractivity contribution is 0.0355. The fourth-order valence-corrected chi connectivity index (χ4v) is 4.19. The van der Waals surface area contributed by atoms with Crippen molar-refractivity contribution in [2.45, 2.75) is 10.3 Å². The van der Waals surface area contributed by atoms with Crippen molar-refractivity contribution in [1.29, 1.82) is 0 Å². The van der Waals surface area contributed by atoms with Crippen molar-refractivity contribution in [1.82, 2.24) is 4.31 Å². The molecule has 0 amide bonds. The van der Waals surface area contributed by atoms with E-state index < -0.39 is 16.1 Å². The van der Waals surface area contributed by atoms with Gasteiger partial charge in [0.25, 0.3) is 10.0 Å². The molecule has 1 aliphatic rings. The van der Waals surface area contributed by atoms with Crippen LogP contribution in [0.25, 0.3) is 0 Å². The molecule has 1 aromatic heterocycles. The van der Waals surface area contributed by atoms with Crippen molar-refractivity contribution in [3.8, 4) is 0 Å². The van der Waals surface area contributed by atoms with Gasteiger partial charge in [-0.3, -0.25) is 0 Å². The molecule has 1 unspecified atom stereocenters. The predicted molar refractivity (Wildman–Crippen MR) is 66.2 cm³/mol. The number of hydrogen-bond acceptors (Lipinski definition) is 6. The van der Waals surface area contributed by atoms with Crippen LogP contribution >= 0.6 is 11.3 Å². The molecule has 1 aromatic rings. The molecule has 0 aliphatic carbocycles. The van der Waals surface area contributed by atoms with Crippen molar-refractivity contribution < 1.29 is 18.4 Å². The number of ether oxygens (including phenoxy) is 1. The van der Waals surface area contributed by atoms with Crippen LogP contribution in [0, 0.1) is 0 Å². The Morgan fingerprint density at radius 1 is 1.67 bits per heavy atom. The molecule has 9 heteroatoms. The van der Waals surface area contributed by atoms with Gasteiger partial charge in [-0.1, -0.05) is 11.2 Å². The molecule has 1 atom stereocenters. The van der Waals surface area contributed by atoms with E-state index in [1.54, 1.807) is 17.5 Å². The van der Waals surface area contributed by atoms with E-state index in [4.69, 9.17) is 15.7 Å². The van der Waals surface area contributed by atoms with Gasteiger partial charge in [-0.05, 0) is 11.4 Å². The number of hydrogen-bond donors (Lipinski definition) is 2. The SMILES string of the molecule is NC(=NO)C1CN(S(=O)(=O)c2cccs2)CCO1. The van der Waals surface area contributed by atoms with Crippen LogP contribution in [-0.4, -0.2) is 49.6 Å². The van der Waals surface area contributed by atoms with Gasteiger partial charge in [0.2, 0.25) is 0 Å². The topological polar surface area (TPSA) is 105 Å². The van der Waals surface area contributed by atoms with Gasteiger partial charge < -0.3 is 15.7 Å². The average Bonchev–Trinajstić information content (AvgIpc) is 2.92. The van der Waals surface area contributed by atoms with Crippen LogP contribution in [0.3, 0.4) is 0 Å². The molecular weight excluding hydrogens is 278 g/mol. The van der Waals surface area contributed by atoms with Crippen LogP contribution in [0.5, 0.6) is 0 Å². The van der Waals surface area contributed by atoms with Gasteiger partial charge in [0.05, 0.1) is 6.61 Å². The molecule has 1 saturated heterocycles. The quantitative estimate of drug-likeness (QED) is 0.350. The highest BCUT2D eigenvalue weighted by molar-refractivity contribution is 7.91. The van der Waals surface area contributed by atoms with E-state index in [0.29, 0.717) is 0 Å². The number of thiophene rings is 1. The minimum atomic E-state index is -3.51. The summed E-state index contributed by atoms with van der Waals surface area (Å²) in [6, 6.07) is 3.23. The van der Waals surface area contributed by atoms with Gasteiger partial charge in [0.1, 0.15) is 10.3 Å². The highest BCUT2D eigenvalue weighted by Gasteiger charge is 2.33. The number of rotatable bonds is 3. The molecule has 2 rings (SSSR count). The number of oxime groups is 1. The lowest BCUT2D eigenvalue weighted by atomic mass is 10.3. The maximum atomic E-state index is 12.2. The lowest BCUT2D eigenvalue weighted by Gasteiger charge is -2.30. The fourth-order valence-electron chi connectivity index (χ4n) is 1.62. The van der Waals surface area contributed by atoms with Crippen LogP contribution in [0.15, 0.2) is 26.9 Å². The number of morpholine rings is 1. The first-order valence-corrected chi connectivity index (χ1v) is 7.50. The van der Waals surface area contributed by atoms with Gasteiger partial charge in [-0.15, -0.1) is 11.3 Å². The molecule has 7 nitrogen and oxygen atoms in total. The third-order valence-corrected chi connectivity index (χ3v) is 5.80. The molecule has 2 heterocycles.